The Labute approximate surface area is 111 Å². The summed E-state index contributed by atoms with van der Waals surface area (Å²) in [4.78, 5) is 12.1. The number of carbonyl (C=O) groups excluding carboxylic acids is 1. The van der Waals surface area contributed by atoms with E-state index in [4.69, 9.17) is 22.1 Å². The van der Waals surface area contributed by atoms with Crippen LogP contribution in [0.4, 0.5) is 5.69 Å². The Bertz CT molecular complexity index is 484. The highest BCUT2D eigenvalue weighted by Crippen LogP contribution is 2.45. The molecule has 0 spiro atoms. The number of nitrogens with one attached hydrogen (secondary N) is 1. The Morgan fingerprint density at radius 1 is 1.56 bits per heavy atom. The quantitative estimate of drug-likeness (QED) is 0.881. The van der Waals surface area contributed by atoms with Gasteiger partial charge >= 0.3 is 0 Å². The molecule has 5 heteroatoms. The van der Waals surface area contributed by atoms with Gasteiger partial charge in [-0.25, -0.2) is 0 Å². The van der Waals surface area contributed by atoms with Crippen molar-refractivity contribution in [3.8, 4) is 5.75 Å². The molecule has 0 saturated heterocycles. The van der Waals surface area contributed by atoms with Crippen LogP contribution in [-0.4, -0.2) is 19.6 Å². The number of ether oxygens (including phenoxy) is 1. The second kappa shape index (κ2) is 4.78. The molecule has 1 amide bonds. The van der Waals surface area contributed by atoms with Crippen LogP contribution in [0.3, 0.4) is 0 Å². The molecule has 0 aliphatic heterocycles. The van der Waals surface area contributed by atoms with Crippen LogP contribution in [0.15, 0.2) is 12.1 Å². The fourth-order valence-electron chi connectivity index (χ4n) is 1.88. The van der Waals surface area contributed by atoms with Gasteiger partial charge in [0.25, 0.3) is 0 Å². The van der Waals surface area contributed by atoms with Crippen molar-refractivity contribution in [3.05, 3.63) is 22.7 Å². The first-order valence-corrected chi connectivity index (χ1v) is 6.26. The number of methoxy groups -OCH3 is 1. The van der Waals surface area contributed by atoms with E-state index in [-0.39, 0.29) is 11.3 Å². The summed E-state index contributed by atoms with van der Waals surface area (Å²) in [5.41, 5.74) is 6.90. The van der Waals surface area contributed by atoms with Crippen LogP contribution in [0.25, 0.3) is 0 Å². The van der Waals surface area contributed by atoms with Gasteiger partial charge in [0.15, 0.2) is 0 Å². The molecule has 0 aromatic heterocycles. The molecule has 0 bridgehead atoms. The van der Waals surface area contributed by atoms with Crippen molar-refractivity contribution >= 4 is 23.2 Å². The van der Waals surface area contributed by atoms with E-state index >= 15 is 0 Å². The lowest BCUT2D eigenvalue weighted by Crippen LogP contribution is -2.31. The van der Waals surface area contributed by atoms with Gasteiger partial charge in [-0.2, -0.15) is 0 Å². The molecule has 0 radical (unpaired) electrons. The zero-order chi connectivity index (χ0) is 13.3. The second-order valence-electron chi connectivity index (χ2n) is 4.74. The Hall–Kier alpha value is -1.26. The maximum absolute atomic E-state index is 12.1. The van der Waals surface area contributed by atoms with Crippen LogP contribution in [0, 0.1) is 12.3 Å². The van der Waals surface area contributed by atoms with Crippen molar-refractivity contribution < 1.29 is 9.53 Å². The second-order valence-corrected chi connectivity index (χ2v) is 5.15. The van der Waals surface area contributed by atoms with Crippen molar-refractivity contribution in [3.63, 3.8) is 0 Å². The highest BCUT2D eigenvalue weighted by atomic mass is 35.5. The Morgan fingerprint density at radius 2 is 2.22 bits per heavy atom. The summed E-state index contributed by atoms with van der Waals surface area (Å²) in [6.45, 7) is 2.29. The number of anilines is 1. The molecular weight excluding hydrogens is 252 g/mol. The summed E-state index contributed by atoms with van der Waals surface area (Å²) in [7, 11) is 1.56. The fraction of sp³-hybridized carbons (Fsp3) is 0.462. The highest BCUT2D eigenvalue weighted by Gasteiger charge is 2.48. The Morgan fingerprint density at radius 3 is 2.72 bits per heavy atom. The lowest BCUT2D eigenvalue weighted by molar-refractivity contribution is -0.120. The predicted molar refractivity (Wildman–Crippen MR) is 72.1 cm³/mol. The van der Waals surface area contributed by atoms with Crippen molar-refractivity contribution in [1.29, 1.82) is 0 Å². The zero-order valence-electron chi connectivity index (χ0n) is 10.5. The van der Waals surface area contributed by atoms with E-state index < -0.39 is 0 Å². The molecule has 1 fully saturated rings. The van der Waals surface area contributed by atoms with Crippen molar-refractivity contribution in [1.82, 2.24) is 0 Å². The molecule has 0 atom stereocenters. The van der Waals surface area contributed by atoms with Gasteiger partial charge in [0.2, 0.25) is 5.91 Å². The average molecular weight is 269 g/mol. The van der Waals surface area contributed by atoms with Crippen LogP contribution in [-0.2, 0) is 4.79 Å². The molecule has 1 aromatic carbocycles. The number of amides is 1. The monoisotopic (exact) mass is 268 g/mol. The van der Waals surface area contributed by atoms with Crippen LogP contribution in [0.5, 0.6) is 5.75 Å². The van der Waals surface area contributed by atoms with E-state index in [1.54, 1.807) is 19.2 Å². The zero-order valence-corrected chi connectivity index (χ0v) is 11.3. The van der Waals surface area contributed by atoms with Crippen molar-refractivity contribution in [2.24, 2.45) is 11.1 Å². The van der Waals surface area contributed by atoms with E-state index in [9.17, 15) is 4.79 Å². The standard InChI is InChI=1S/C13H17ClN2O2/c1-8-5-11(18-2)9(14)6-10(8)16-12(17)13(7-15)3-4-13/h5-6H,3-4,7,15H2,1-2H3,(H,16,17). The summed E-state index contributed by atoms with van der Waals surface area (Å²) in [6, 6.07) is 3.51. The molecule has 2 rings (SSSR count). The van der Waals surface area contributed by atoms with Crippen LogP contribution in [0.2, 0.25) is 5.02 Å². The minimum Gasteiger partial charge on any atom is -0.495 e. The number of halogens is 1. The first kappa shape index (κ1) is 13.2. The van der Waals surface area contributed by atoms with E-state index in [1.165, 1.54) is 0 Å². The number of carbonyl (C=O) groups is 1. The molecule has 18 heavy (non-hydrogen) atoms. The summed E-state index contributed by atoms with van der Waals surface area (Å²) < 4.78 is 5.12. The van der Waals surface area contributed by atoms with Crippen molar-refractivity contribution in [2.75, 3.05) is 19.0 Å². The maximum Gasteiger partial charge on any atom is 0.231 e. The van der Waals surface area contributed by atoms with E-state index in [0.29, 0.717) is 23.0 Å². The minimum atomic E-state index is -0.362. The number of benzene rings is 1. The molecule has 1 aliphatic rings. The van der Waals surface area contributed by atoms with Gasteiger partial charge in [-0.05, 0) is 37.5 Å². The summed E-state index contributed by atoms with van der Waals surface area (Å²) in [6.07, 6.45) is 1.72. The molecule has 1 saturated carbocycles. The smallest absolute Gasteiger partial charge is 0.231 e. The highest BCUT2D eigenvalue weighted by molar-refractivity contribution is 6.32. The molecule has 0 unspecified atom stereocenters. The third-order valence-electron chi connectivity index (χ3n) is 3.47. The minimum absolute atomic E-state index is 0.0191. The molecule has 0 heterocycles. The molecular formula is C13H17ClN2O2. The normalized spacial score (nSPS) is 16.2. The topological polar surface area (TPSA) is 64.3 Å². The SMILES string of the molecule is COc1cc(C)c(NC(=O)C2(CN)CC2)cc1Cl. The van der Waals surface area contributed by atoms with Crippen LogP contribution >= 0.6 is 11.6 Å². The number of nitrogens with two attached hydrogens (primary N) is 1. The first-order valence-electron chi connectivity index (χ1n) is 5.88. The number of hydrogen-bond acceptors (Lipinski definition) is 3. The van der Waals surface area contributed by atoms with Gasteiger partial charge in [-0.15, -0.1) is 0 Å². The first-order chi connectivity index (χ1) is 8.52. The number of rotatable bonds is 4. The number of aryl methyl sites for hydroxylation is 1. The Kier molecular flexibility index (Phi) is 3.50. The fourth-order valence-corrected chi connectivity index (χ4v) is 2.12. The summed E-state index contributed by atoms with van der Waals surface area (Å²) >= 11 is 6.05. The molecule has 3 N–H and O–H groups in total. The average Bonchev–Trinajstić information content (AvgIpc) is 3.14. The van der Waals surface area contributed by atoms with E-state index in [0.717, 1.165) is 18.4 Å². The largest absolute Gasteiger partial charge is 0.495 e. The van der Waals surface area contributed by atoms with Gasteiger partial charge < -0.3 is 15.8 Å². The summed E-state index contributed by atoms with van der Waals surface area (Å²) in [5.74, 6) is 0.585. The maximum atomic E-state index is 12.1. The van der Waals surface area contributed by atoms with Gasteiger partial charge in [0.05, 0.1) is 17.5 Å². The lowest BCUT2D eigenvalue weighted by atomic mass is 10.1. The van der Waals surface area contributed by atoms with Crippen LogP contribution < -0.4 is 15.8 Å². The lowest BCUT2D eigenvalue weighted by Gasteiger charge is -2.15. The van der Waals surface area contributed by atoms with Gasteiger partial charge in [0, 0.05) is 12.2 Å². The van der Waals surface area contributed by atoms with Gasteiger partial charge in [0.1, 0.15) is 5.75 Å². The summed E-state index contributed by atoms with van der Waals surface area (Å²) in [5, 5.41) is 3.38. The molecule has 1 aromatic rings. The van der Waals surface area contributed by atoms with E-state index in [1.807, 2.05) is 6.92 Å². The molecule has 4 nitrogen and oxygen atoms in total. The third kappa shape index (κ3) is 2.31. The molecule has 1 aliphatic carbocycles. The van der Waals surface area contributed by atoms with E-state index in [2.05, 4.69) is 5.32 Å². The molecule has 98 valence electrons. The number of hydrogen-bond donors (Lipinski definition) is 2. The van der Waals surface area contributed by atoms with Gasteiger partial charge in [-0.1, -0.05) is 11.6 Å². The Balaban J connectivity index is 2.19. The van der Waals surface area contributed by atoms with Crippen LogP contribution in [0.1, 0.15) is 18.4 Å². The predicted octanol–water partition coefficient (Wildman–Crippen LogP) is 2.33. The third-order valence-corrected chi connectivity index (χ3v) is 3.77. The van der Waals surface area contributed by atoms with Crippen molar-refractivity contribution in [2.45, 2.75) is 19.8 Å². The van der Waals surface area contributed by atoms with Gasteiger partial charge in [-0.3, -0.25) is 4.79 Å².